The third kappa shape index (κ3) is 9.06. The van der Waals surface area contributed by atoms with Gasteiger partial charge in [0, 0.05) is 32.8 Å². The molecule has 0 unspecified atom stereocenters. The molecule has 0 saturated carbocycles. The molecule has 42 heavy (non-hydrogen) atoms. The van der Waals surface area contributed by atoms with E-state index in [1.807, 2.05) is 20.8 Å². The van der Waals surface area contributed by atoms with Crippen molar-refractivity contribution >= 4 is 31.8 Å². The number of benzene rings is 2. The lowest BCUT2D eigenvalue weighted by molar-refractivity contribution is 0.0185. The number of rotatable bonds is 10. The Bertz CT molecular complexity index is 1430. The summed E-state index contributed by atoms with van der Waals surface area (Å²) in [5.74, 6) is 0.760. The summed E-state index contributed by atoms with van der Waals surface area (Å²) in [6, 6.07) is 12.0. The lowest BCUT2D eigenvalue weighted by Crippen LogP contribution is -2.43. The Labute approximate surface area is 249 Å². The highest BCUT2D eigenvalue weighted by atomic mass is 32.2. The molecule has 11 nitrogen and oxygen atoms in total. The van der Waals surface area contributed by atoms with Gasteiger partial charge in [0.1, 0.15) is 11.4 Å². The average Bonchev–Trinajstić information content (AvgIpc) is 2.95. The SMILES string of the molecule is CC(C)(C)OC(=O)N1CCC(CNS(=O)(=O)c2cccc(S(=O)(=O)Nc3ccccc3OCC3CCOCC3)c2)CC1. The van der Waals surface area contributed by atoms with Gasteiger partial charge in [0.05, 0.1) is 22.1 Å². The van der Waals surface area contributed by atoms with Gasteiger partial charge in [0.2, 0.25) is 10.0 Å². The zero-order chi connectivity index (χ0) is 30.4. The number of nitrogens with one attached hydrogen (secondary N) is 2. The molecule has 2 saturated heterocycles. The van der Waals surface area contributed by atoms with Crippen molar-refractivity contribution in [1.29, 1.82) is 0 Å². The van der Waals surface area contributed by atoms with Crippen LogP contribution in [0.25, 0.3) is 0 Å². The molecule has 0 radical (unpaired) electrons. The maximum atomic E-state index is 13.3. The van der Waals surface area contributed by atoms with Crippen molar-refractivity contribution in [2.75, 3.05) is 44.2 Å². The number of hydrogen-bond donors (Lipinski definition) is 2. The van der Waals surface area contributed by atoms with Gasteiger partial charge in [-0.1, -0.05) is 18.2 Å². The first-order valence-electron chi connectivity index (χ1n) is 14.2. The standard InChI is InChI=1S/C29H41N3O8S2/c1-29(2,3)40-28(33)32-15-11-22(12-16-32)20-30-41(34,35)24-7-6-8-25(19-24)42(36,37)31-26-9-4-5-10-27(26)39-21-23-13-17-38-18-14-23/h4-10,19,22-23,30-31H,11-18,20-21H2,1-3H3. The van der Waals surface area contributed by atoms with Gasteiger partial charge in [-0.25, -0.2) is 26.4 Å². The summed E-state index contributed by atoms with van der Waals surface area (Å²) in [5, 5.41) is 0. The van der Waals surface area contributed by atoms with Crippen LogP contribution in [0.15, 0.2) is 58.3 Å². The Morgan fingerprint density at radius 3 is 2.21 bits per heavy atom. The van der Waals surface area contributed by atoms with E-state index in [4.69, 9.17) is 14.2 Å². The third-order valence-corrected chi connectivity index (χ3v) is 9.99. The number of para-hydroxylation sites is 2. The molecular weight excluding hydrogens is 582 g/mol. The van der Waals surface area contributed by atoms with Gasteiger partial charge in [-0.2, -0.15) is 0 Å². The van der Waals surface area contributed by atoms with Crippen LogP contribution < -0.4 is 14.2 Å². The number of nitrogens with zero attached hydrogens (tertiary/aromatic N) is 1. The van der Waals surface area contributed by atoms with Crippen LogP contribution in [0.2, 0.25) is 0 Å². The number of amides is 1. The first-order valence-corrected chi connectivity index (χ1v) is 17.2. The maximum Gasteiger partial charge on any atom is 0.410 e. The molecule has 0 aliphatic carbocycles. The largest absolute Gasteiger partial charge is 0.491 e. The fraction of sp³-hybridized carbons (Fsp3) is 0.552. The highest BCUT2D eigenvalue weighted by Crippen LogP contribution is 2.29. The summed E-state index contributed by atoms with van der Waals surface area (Å²) < 4.78 is 74.6. The van der Waals surface area contributed by atoms with Crippen LogP contribution in [-0.4, -0.2) is 72.9 Å². The molecule has 2 N–H and O–H groups in total. The zero-order valence-corrected chi connectivity index (χ0v) is 26.0. The monoisotopic (exact) mass is 623 g/mol. The molecule has 0 atom stereocenters. The van der Waals surface area contributed by atoms with E-state index in [1.54, 1.807) is 29.2 Å². The molecule has 2 aromatic carbocycles. The topological polar surface area (TPSA) is 140 Å². The Morgan fingerprint density at radius 2 is 1.55 bits per heavy atom. The zero-order valence-electron chi connectivity index (χ0n) is 24.4. The molecule has 0 aromatic heterocycles. The first kappa shape index (κ1) is 32.1. The number of likely N-dealkylation sites (tertiary alicyclic amines) is 1. The van der Waals surface area contributed by atoms with Crippen LogP contribution in [0.5, 0.6) is 5.75 Å². The molecule has 1 amide bonds. The minimum atomic E-state index is -4.12. The average molecular weight is 624 g/mol. The van der Waals surface area contributed by atoms with Crippen molar-refractivity contribution in [3.05, 3.63) is 48.5 Å². The van der Waals surface area contributed by atoms with Gasteiger partial charge >= 0.3 is 6.09 Å². The van der Waals surface area contributed by atoms with E-state index in [0.717, 1.165) is 18.9 Å². The van der Waals surface area contributed by atoms with E-state index < -0.39 is 25.6 Å². The van der Waals surface area contributed by atoms with Crippen molar-refractivity contribution in [3.63, 3.8) is 0 Å². The molecule has 2 aliphatic rings. The molecule has 2 aliphatic heterocycles. The number of carbonyl (C=O) groups is 1. The second-order valence-corrected chi connectivity index (χ2v) is 15.2. The molecule has 2 aromatic rings. The fourth-order valence-electron chi connectivity index (χ4n) is 4.77. The van der Waals surface area contributed by atoms with Crippen molar-refractivity contribution in [3.8, 4) is 5.75 Å². The van der Waals surface area contributed by atoms with Gasteiger partial charge < -0.3 is 19.1 Å². The van der Waals surface area contributed by atoms with E-state index in [0.29, 0.717) is 57.4 Å². The van der Waals surface area contributed by atoms with Gasteiger partial charge in [-0.15, -0.1) is 0 Å². The minimum Gasteiger partial charge on any atom is -0.491 e. The second-order valence-electron chi connectivity index (χ2n) is 11.7. The Balaban J connectivity index is 1.36. The molecular formula is C29H41N3O8S2. The molecule has 232 valence electrons. The number of ether oxygens (including phenoxy) is 3. The van der Waals surface area contributed by atoms with E-state index in [2.05, 4.69) is 9.44 Å². The first-order chi connectivity index (χ1) is 19.8. The molecule has 0 spiro atoms. The fourth-order valence-corrected chi connectivity index (χ4v) is 7.12. The number of carbonyl (C=O) groups excluding carboxylic acids is 1. The highest BCUT2D eigenvalue weighted by Gasteiger charge is 2.28. The minimum absolute atomic E-state index is 0.0321. The number of hydrogen-bond acceptors (Lipinski definition) is 8. The van der Waals surface area contributed by atoms with Crippen LogP contribution in [0.1, 0.15) is 46.5 Å². The van der Waals surface area contributed by atoms with Crippen LogP contribution in [0.3, 0.4) is 0 Å². The van der Waals surface area contributed by atoms with Crippen molar-refractivity contribution in [2.24, 2.45) is 11.8 Å². The summed E-state index contributed by atoms with van der Waals surface area (Å²) >= 11 is 0. The van der Waals surface area contributed by atoms with E-state index in [9.17, 15) is 21.6 Å². The molecule has 2 fully saturated rings. The lowest BCUT2D eigenvalue weighted by atomic mass is 9.97. The maximum absolute atomic E-state index is 13.3. The van der Waals surface area contributed by atoms with Gasteiger partial charge in [-0.05, 0) is 88.6 Å². The summed E-state index contributed by atoms with van der Waals surface area (Å²) in [6.07, 6.45) is 2.64. The molecule has 0 bridgehead atoms. The molecule has 2 heterocycles. The number of sulfonamides is 2. The highest BCUT2D eigenvalue weighted by molar-refractivity contribution is 7.93. The Hall–Kier alpha value is -2.87. The van der Waals surface area contributed by atoms with Crippen LogP contribution >= 0.6 is 0 Å². The normalized spacial score (nSPS) is 17.5. The predicted molar refractivity (Wildman–Crippen MR) is 158 cm³/mol. The van der Waals surface area contributed by atoms with Gasteiger partial charge in [0.25, 0.3) is 10.0 Å². The van der Waals surface area contributed by atoms with Gasteiger partial charge in [-0.3, -0.25) is 4.72 Å². The van der Waals surface area contributed by atoms with Crippen LogP contribution in [0, 0.1) is 11.8 Å². The van der Waals surface area contributed by atoms with Crippen molar-refractivity contribution in [1.82, 2.24) is 9.62 Å². The summed E-state index contributed by atoms with van der Waals surface area (Å²) in [4.78, 5) is 13.6. The second kappa shape index (κ2) is 13.6. The van der Waals surface area contributed by atoms with E-state index in [1.165, 1.54) is 18.2 Å². The lowest BCUT2D eigenvalue weighted by Gasteiger charge is -2.33. The van der Waals surface area contributed by atoms with Gasteiger partial charge in [0.15, 0.2) is 0 Å². The molecule has 13 heteroatoms. The number of anilines is 1. The van der Waals surface area contributed by atoms with Crippen LogP contribution in [-0.2, 0) is 29.5 Å². The Kier molecular flexibility index (Phi) is 10.4. The van der Waals surface area contributed by atoms with Crippen molar-refractivity contribution in [2.45, 2.75) is 61.8 Å². The van der Waals surface area contributed by atoms with Crippen molar-refractivity contribution < 1.29 is 35.8 Å². The van der Waals surface area contributed by atoms with Crippen LogP contribution in [0.4, 0.5) is 10.5 Å². The third-order valence-electron chi connectivity index (χ3n) is 7.20. The predicted octanol–water partition coefficient (Wildman–Crippen LogP) is 4.22. The number of piperidine rings is 1. The Morgan fingerprint density at radius 1 is 0.905 bits per heavy atom. The van der Waals surface area contributed by atoms with E-state index in [-0.39, 0.29) is 34.0 Å². The molecule has 4 rings (SSSR count). The summed E-state index contributed by atoms with van der Waals surface area (Å²) in [5.41, 5.74) is -0.308. The summed E-state index contributed by atoms with van der Waals surface area (Å²) in [7, 11) is -8.10. The smallest absolute Gasteiger partial charge is 0.410 e. The quantitative estimate of drug-likeness (QED) is 0.401. The van der Waals surface area contributed by atoms with E-state index >= 15 is 0 Å². The summed E-state index contributed by atoms with van der Waals surface area (Å²) in [6.45, 7) is 8.37.